The molecule has 0 heterocycles. The van der Waals surface area contributed by atoms with Crippen molar-refractivity contribution in [2.75, 3.05) is 20.8 Å². The van der Waals surface area contributed by atoms with Gasteiger partial charge in [0.25, 0.3) is 5.91 Å². The van der Waals surface area contributed by atoms with Gasteiger partial charge in [-0.15, -0.1) is 0 Å². The van der Waals surface area contributed by atoms with Gasteiger partial charge in [-0.25, -0.2) is 0 Å². The number of hydrogen-bond donors (Lipinski definition) is 2. The summed E-state index contributed by atoms with van der Waals surface area (Å²) in [5.74, 6) is 1.10. The standard InChI is InChI=1S/C20H23ClN2O4/c1-26-17-9-10-18(27-2)15(12-17)13-23-19(24)4-3-11-22-20(25)14-5-7-16(21)8-6-14/h5-10,12H,3-4,11,13H2,1-2H3,(H,22,25)(H,23,24). The van der Waals surface area contributed by atoms with E-state index in [2.05, 4.69) is 10.6 Å². The molecule has 0 unspecified atom stereocenters. The average Bonchev–Trinajstić information content (AvgIpc) is 2.69. The number of rotatable bonds is 9. The monoisotopic (exact) mass is 390 g/mol. The van der Waals surface area contributed by atoms with E-state index in [1.54, 1.807) is 50.6 Å². The molecule has 27 heavy (non-hydrogen) atoms. The minimum Gasteiger partial charge on any atom is -0.497 e. The predicted octanol–water partition coefficient (Wildman–Crippen LogP) is 3.18. The van der Waals surface area contributed by atoms with Gasteiger partial charge in [0.1, 0.15) is 11.5 Å². The molecule has 6 nitrogen and oxygen atoms in total. The van der Waals surface area contributed by atoms with Crippen LogP contribution in [0.5, 0.6) is 11.5 Å². The van der Waals surface area contributed by atoms with Crippen LogP contribution in [0, 0.1) is 0 Å². The van der Waals surface area contributed by atoms with Crippen molar-refractivity contribution in [2.24, 2.45) is 0 Å². The van der Waals surface area contributed by atoms with Crippen LogP contribution in [-0.4, -0.2) is 32.6 Å². The molecule has 0 bridgehead atoms. The fourth-order valence-electron chi connectivity index (χ4n) is 2.46. The normalized spacial score (nSPS) is 10.2. The number of ether oxygens (including phenoxy) is 2. The van der Waals surface area contributed by atoms with Crippen molar-refractivity contribution in [3.05, 3.63) is 58.6 Å². The number of amides is 2. The lowest BCUT2D eigenvalue weighted by Crippen LogP contribution is -2.27. The minimum atomic E-state index is -0.187. The Labute approximate surface area is 163 Å². The molecule has 0 fully saturated rings. The molecule has 0 atom stereocenters. The van der Waals surface area contributed by atoms with E-state index in [1.807, 2.05) is 6.07 Å². The van der Waals surface area contributed by atoms with Crippen LogP contribution in [0.2, 0.25) is 5.02 Å². The van der Waals surface area contributed by atoms with Gasteiger partial charge < -0.3 is 20.1 Å². The van der Waals surface area contributed by atoms with Gasteiger partial charge in [0.05, 0.1) is 14.2 Å². The maximum Gasteiger partial charge on any atom is 0.251 e. The second-order valence-corrected chi connectivity index (χ2v) is 6.26. The molecule has 2 N–H and O–H groups in total. The van der Waals surface area contributed by atoms with Crippen LogP contribution in [0.3, 0.4) is 0 Å². The van der Waals surface area contributed by atoms with Gasteiger partial charge in [-0.05, 0) is 48.9 Å². The Kier molecular flexibility index (Phi) is 7.95. The first-order valence-corrected chi connectivity index (χ1v) is 8.92. The zero-order valence-corrected chi connectivity index (χ0v) is 16.1. The van der Waals surface area contributed by atoms with E-state index in [0.29, 0.717) is 48.0 Å². The van der Waals surface area contributed by atoms with E-state index in [1.165, 1.54) is 0 Å². The topological polar surface area (TPSA) is 76.7 Å². The molecule has 0 aliphatic rings. The van der Waals surface area contributed by atoms with Crippen molar-refractivity contribution < 1.29 is 19.1 Å². The summed E-state index contributed by atoms with van der Waals surface area (Å²) in [4.78, 5) is 24.0. The molecule has 0 spiro atoms. The van der Waals surface area contributed by atoms with E-state index in [4.69, 9.17) is 21.1 Å². The predicted molar refractivity (Wildman–Crippen MR) is 104 cm³/mol. The highest BCUT2D eigenvalue weighted by Gasteiger charge is 2.08. The van der Waals surface area contributed by atoms with Crippen molar-refractivity contribution in [3.8, 4) is 11.5 Å². The summed E-state index contributed by atoms with van der Waals surface area (Å²) in [7, 11) is 3.17. The highest BCUT2D eigenvalue weighted by molar-refractivity contribution is 6.30. The Morgan fingerprint density at radius 3 is 2.41 bits per heavy atom. The van der Waals surface area contributed by atoms with Crippen molar-refractivity contribution >= 4 is 23.4 Å². The Balaban J connectivity index is 1.72. The largest absolute Gasteiger partial charge is 0.497 e. The maximum atomic E-state index is 12.0. The molecule has 2 aromatic carbocycles. The summed E-state index contributed by atoms with van der Waals surface area (Å²) in [6.45, 7) is 0.758. The zero-order chi connectivity index (χ0) is 19.6. The maximum absolute atomic E-state index is 12.0. The van der Waals surface area contributed by atoms with E-state index in [-0.39, 0.29) is 11.8 Å². The summed E-state index contributed by atoms with van der Waals surface area (Å²) in [5.41, 5.74) is 1.37. The van der Waals surface area contributed by atoms with Gasteiger partial charge in [-0.2, -0.15) is 0 Å². The molecule has 0 aliphatic carbocycles. The number of carbonyl (C=O) groups is 2. The smallest absolute Gasteiger partial charge is 0.251 e. The number of nitrogens with one attached hydrogen (secondary N) is 2. The Morgan fingerprint density at radius 1 is 1.00 bits per heavy atom. The first-order valence-electron chi connectivity index (χ1n) is 8.55. The minimum absolute atomic E-state index is 0.0967. The molecule has 0 radical (unpaired) electrons. The lowest BCUT2D eigenvalue weighted by Gasteiger charge is -2.11. The number of carbonyl (C=O) groups excluding carboxylic acids is 2. The molecular formula is C20H23ClN2O4. The van der Waals surface area contributed by atoms with Crippen LogP contribution >= 0.6 is 11.6 Å². The first kappa shape index (κ1) is 20.6. The fourth-order valence-corrected chi connectivity index (χ4v) is 2.58. The van der Waals surface area contributed by atoms with Crippen LogP contribution in [0.1, 0.15) is 28.8 Å². The zero-order valence-electron chi connectivity index (χ0n) is 15.4. The molecule has 2 aromatic rings. The van der Waals surface area contributed by atoms with Crippen LogP contribution in [0.25, 0.3) is 0 Å². The van der Waals surface area contributed by atoms with E-state index >= 15 is 0 Å². The molecule has 2 rings (SSSR count). The number of benzene rings is 2. The lowest BCUT2D eigenvalue weighted by atomic mass is 10.1. The van der Waals surface area contributed by atoms with Gasteiger partial charge in [-0.3, -0.25) is 9.59 Å². The van der Waals surface area contributed by atoms with Gasteiger partial charge in [0.2, 0.25) is 5.91 Å². The third-order valence-corrected chi connectivity index (χ3v) is 4.19. The van der Waals surface area contributed by atoms with Crippen molar-refractivity contribution in [1.82, 2.24) is 10.6 Å². The Hall–Kier alpha value is -2.73. The van der Waals surface area contributed by atoms with Crippen LogP contribution in [0.4, 0.5) is 0 Å². The van der Waals surface area contributed by atoms with Gasteiger partial charge >= 0.3 is 0 Å². The van der Waals surface area contributed by atoms with E-state index < -0.39 is 0 Å². The lowest BCUT2D eigenvalue weighted by molar-refractivity contribution is -0.121. The highest BCUT2D eigenvalue weighted by Crippen LogP contribution is 2.23. The average molecular weight is 391 g/mol. The fraction of sp³-hybridized carbons (Fsp3) is 0.300. The molecule has 2 amide bonds. The molecule has 0 saturated heterocycles. The molecule has 0 aliphatic heterocycles. The molecular weight excluding hydrogens is 368 g/mol. The quantitative estimate of drug-likeness (QED) is 0.645. The SMILES string of the molecule is COc1ccc(OC)c(CNC(=O)CCCNC(=O)c2ccc(Cl)cc2)c1. The molecule has 7 heteroatoms. The molecule has 144 valence electrons. The Bertz CT molecular complexity index is 778. The van der Waals surface area contributed by atoms with Crippen molar-refractivity contribution in [3.63, 3.8) is 0 Å². The van der Waals surface area contributed by atoms with Crippen LogP contribution in [0.15, 0.2) is 42.5 Å². The van der Waals surface area contributed by atoms with Crippen molar-refractivity contribution in [1.29, 1.82) is 0 Å². The number of hydrogen-bond acceptors (Lipinski definition) is 4. The summed E-state index contributed by atoms with van der Waals surface area (Å²) < 4.78 is 10.5. The summed E-state index contributed by atoms with van der Waals surface area (Å²) in [6.07, 6.45) is 0.855. The van der Waals surface area contributed by atoms with Crippen molar-refractivity contribution in [2.45, 2.75) is 19.4 Å². The summed E-state index contributed by atoms with van der Waals surface area (Å²) in [6, 6.07) is 12.1. The van der Waals surface area contributed by atoms with Gasteiger partial charge in [0.15, 0.2) is 0 Å². The van der Waals surface area contributed by atoms with Gasteiger partial charge in [0, 0.05) is 35.7 Å². The summed E-state index contributed by atoms with van der Waals surface area (Å²) in [5, 5.41) is 6.21. The molecule has 0 aromatic heterocycles. The summed E-state index contributed by atoms with van der Waals surface area (Å²) >= 11 is 5.80. The van der Waals surface area contributed by atoms with Gasteiger partial charge in [-0.1, -0.05) is 11.6 Å². The molecule has 0 saturated carbocycles. The first-order chi connectivity index (χ1) is 13.0. The van der Waals surface area contributed by atoms with Crippen LogP contribution < -0.4 is 20.1 Å². The number of halogens is 1. The third kappa shape index (κ3) is 6.49. The van der Waals surface area contributed by atoms with E-state index in [9.17, 15) is 9.59 Å². The number of methoxy groups -OCH3 is 2. The Morgan fingerprint density at radius 2 is 1.74 bits per heavy atom. The second-order valence-electron chi connectivity index (χ2n) is 5.82. The third-order valence-electron chi connectivity index (χ3n) is 3.94. The highest BCUT2D eigenvalue weighted by atomic mass is 35.5. The van der Waals surface area contributed by atoms with Crippen LogP contribution in [-0.2, 0) is 11.3 Å². The van der Waals surface area contributed by atoms with E-state index in [0.717, 1.165) is 5.56 Å². The second kappa shape index (κ2) is 10.4.